The molecule has 4 nitrogen and oxygen atoms in total. The zero-order chi connectivity index (χ0) is 14.3. The summed E-state index contributed by atoms with van der Waals surface area (Å²) < 4.78 is 0.805. The number of nitrogens with zero attached hydrogens (tertiary/aromatic N) is 1. The molecule has 1 amide bonds. The Morgan fingerprint density at radius 2 is 1.90 bits per heavy atom. The molecule has 1 heterocycles. The summed E-state index contributed by atoms with van der Waals surface area (Å²) in [5.41, 5.74) is 1.77. The van der Waals surface area contributed by atoms with Crippen molar-refractivity contribution in [3.63, 3.8) is 0 Å². The third kappa shape index (κ3) is 2.10. The van der Waals surface area contributed by atoms with Gasteiger partial charge in [0.1, 0.15) is 5.75 Å². The third-order valence-electron chi connectivity index (χ3n) is 3.19. The number of rotatable bonds is 2. The molecule has 1 aliphatic rings. The van der Waals surface area contributed by atoms with Gasteiger partial charge in [-0.1, -0.05) is 28.1 Å². The van der Waals surface area contributed by atoms with Crippen LogP contribution in [0.2, 0.25) is 0 Å². The number of carbonyl (C=O) groups excluding carboxylic acids is 2. The molecule has 0 radical (unpaired) electrons. The van der Waals surface area contributed by atoms with Crippen LogP contribution in [0.25, 0.3) is 0 Å². The molecule has 0 aliphatic carbocycles. The highest BCUT2D eigenvalue weighted by Gasteiger charge is 2.35. The number of ketones is 1. The van der Waals surface area contributed by atoms with Crippen molar-refractivity contribution in [2.24, 2.45) is 0 Å². The molecule has 0 unspecified atom stereocenters. The standard InChI is InChI=1S/C15H10BrNO3/c16-10-4-5-12-13(7-10)17(15(20)14(12)19)8-9-2-1-3-11(18)6-9/h1-7,18H,8H2. The van der Waals surface area contributed by atoms with E-state index in [1.165, 1.54) is 4.90 Å². The van der Waals surface area contributed by atoms with Crippen molar-refractivity contribution in [2.75, 3.05) is 4.90 Å². The van der Waals surface area contributed by atoms with Gasteiger partial charge in [0, 0.05) is 4.47 Å². The van der Waals surface area contributed by atoms with Crippen LogP contribution in [-0.2, 0) is 11.3 Å². The van der Waals surface area contributed by atoms with E-state index in [4.69, 9.17) is 0 Å². The molecule has 0 atom stereocenters. The second kappa shape index (κ2) is 4.76. The fourth-order valence-electron chi connectivity index (χ4n) is 2.26. The maximum absolute atomic E-state index is 12.1. The van der Waals surface area contributed by atoms with Gasteiger partial charge in [-0.2, -0.15) is 0 Å². The fourth-order valence-corrected chi connectivity index (χ4v) is 2.61. The fraction of sp³-hybridized carbons (Fsp3) is 0.0667. The summed E-state index contributed by atoms with van der Waals surface area (Å²) in [6.45, 7) is 0.252. The summed E-state index contributed by atoms with van der Waals surface area (Å²) >= 11 is 3.34. The molecule has 1 aliphatic heterocycles. The SMILES string of the molecule is O=C1C(=O)N(Cc2cccc(O)c2)c2cc(Br)ccc21. The predicted octanol–water partition coefficient (Wildman–Crippen LogP) is 2.88. The first-order chi connectivity index (χ1) is 9.56. The number of amides is 1. The Balaban J connectivity index is 2.01. The van der Waals surface area contributed by atoms with E-state index in [1.54, 1.807) is 42.5 Å². The highest BCUT2D eigenvalue weighted by Crippen LogP contribution is 2.33. The summed E-state index contributed by atoms with van der Waals surface area (Å²) in [6, 6.07) is 11.8. The number of Topliss-reactive ketones (excluding diaryl/α,β-unsaturated/α-hetero) is 1. The van der Waals surface area contributed by atoms with Crippen LogP contribution >= 0.6 is 15.9 Å². The summed E-state index contributed by atoms with van der Waals surface area (Å²) in [6.07, 6.45) is 0. The zero-order valence-corrected chi connectivity index (χ0v) is 11.9. The molecule has 0 fully saturated rings. The van der Waals surface area contributed by atoms with Crippen LogP contribution in [0.5, 0.6) is 5.75 Å². The molecule has 100 valence electrons. The quantitative estimate of drug-likeness (QED) is 0.861. The Morgan fingerprint density at radius 3 is 2.65 bits per heavy atom. The monoisotopic (exact) mass is 331 g/mol. The normalized spacial score (nSPS) is 13.8. The van der Waals surface area contributed by atoms with Crippen LogP contribution < -0.4 is 4.90 Å². The van der Waals surface area contributed by atoms with Crippen molar-refractivity contribution >= 4 is 33.3 Å². The Kier molecular flexibility index (Phi) is 3.06. The van der Waals surface area contributed by atoms with Crippen molar-refractivity contribution in [1.82, 2.24) is 0 Å². The summed E-state index contributed by atoms with van der Waals surface area (Å²) in [5, 5.41) is 9.47. The maximum Gasteiger partial charge on any atom is 0.299 e. The van der Waals surface area contributed by atoms with Crippen molar-refractivity contribution in [3.8, 4) is 5.75 Å². The van der Waals surface area contributed by atoms with Gasteiger partial charge in [-0.05, 0) is 35.9 Å². The van der Waals surface area contributed by atoms with Gasteiger partial charge < -0.3 is 10.0 Å². The number of fused-ring (bicyclic) bond motifs is 1. The molecule has 20 heavy (non-hydrogen) atoms. The minimum absolute atomic E-state index is 0.134. The van der Waals surface area contributed by atoms with Crippen molar-refractivity contribution < 1.29 is 14.7 Å². The molecule has 0 saturated carbocycles. The molecule has 1 N–H and O–H groups in total. The van der Waals surface area contributed by atoms with Crippen molar-refractivity contribution in [3.05, 3.63) is 58.1 Å². The van der Waals surface area contributed by atoms with Gasteiger partial charge in [-0.25, -0.2) is 0 Å². The Labute approximate surface area is 123 Å². The predicted molar refractivity (Wildman–Crippen MR) is 77.8 cm³/mol. The van der Waals surface area contributed by atoms with Gasteiger partial charge in [0.15, 0.2) is 0 Å². The topological polar surface area (TPSA) is 57.6 Å². The smallest absolute Gasteiger partial charge is 0.299 e. The second-order valence-electron chi connectivity index (χ2n) is 4.55. The molecular weight excluding hydrogens is 322 g/mol. The van der Waals surface area contributed by atoms with E-state index in [0.717, 1.165) is 10.0 Å². The zero-order valence-electron chi connectivity index (χ0n) is 10.3. The lowest BCUT2D eigenvalue weighted by atomic mass is 10.1. The van der Waals surface area contributed by atoms with Crippen molar-refractivity contribution in [2.45, 2.75) is 6.54 Å². The summed E-state index contributed by atoms with van der Waals surface area (Å²) in [5.74, 6) is -0.899. The molecule has 0 saturated heterocycles. The van der Waals surface area contributed by atoms with E-state index in [2.05, 4.69) is 15.9 Å². The largest absolute Gasteiger partial charge is 0.508 e. The van der Waals surface area contributed by atoms with Crippen LogP contribution in [0.15, 0.2) is 46.9 Å². The van der Waals surface area contributed by atoms with E-state index in [-0.39, 0.29) is 12.3 Å². The number of hydrogen-bond acceptors (Lipinski definition) is 3. The van der Waals surface area contributed by atoms with E-state index in [9.17, 15) is 14.7 Å². The number of carbonyl (C=O) groups is 2. The molecule has 0 spiro atoms. The van der Waals surface area contributed by atoms with Gasteiger partial charge >= 0.3 is 0 Å². The van der Waals surface area contributed by atoms with Crippen LogP contribution in [0.3, 0.4) is 0 Å². The average molecular weight is 332 g/mol. The number of benzene rings is 2. The maximum atomic E-state index is 12.1. The van der Waals surface area contributed by atoms with Crippen LogP contribution in [0, 0.1) is 0 Å². The molecule has 2 aromatic carbocycles. The second-order valence-corrected chi connectivity index (χ2v) is 5.47. The number of halogens is 1. The molecule has 3 rings (SSSR count). The lowest BCUT2D eigenvalue weighted by Gasteiger charge is -2.16. The van der Waals surface area contributed by atoms with Gasteiger partial charge in [0.05, 0.1) is 17.8 Å². The highest BCUT2D eigenvalue weighted by atomic mass is 79.9. The Morgan fingerprint density at radius 1 is 1.10 bits per heavy atom. The number of phenolic OH excluding ortho intramolecular Hbond substituents is 1. The lowest BCUT2D eigenvalue weighted by molar-refractivity contribution is -0.114. The molecular formula is C15H10BrNO3. The molecule has 5 heteroatoms. The molecule has 2 aromatic rings. The number of anilines is 1. The summed E-state index contributed by atoms with van der Waals surface area (Å²) in [4.78, 5) is 25.4. The van der Waals surface area contributed by atoms with E-state index in [1.807, 2.05) is 0 Å². The third-order valence-corrected chi connectivity index (χ3v) is 3.68. The van der Waals surface area contributed by atoms with E-state index in [0.29, 0.717) is 11.3 Å². The lowest BCUT2D eigenvalue weighted by Crippen LogP contribution is -2.29. The summed E-state index contributed by atoms with van der Waals surface area (Å²) in [7, 11) is 0. The van der Waals surface area contributed by atoms with E-state index >= 15 is 0 Å². The number of hydrogen-bond donors (Lipinski definition) is 1. The number of phenols is 1. The first kappa shape index (κ1) is 12.9. The minimum atomic E-state index is -0.540. The van der Waals surface area contributed by atoms with Gasteiger partial charge in [-0.15, -0.1) is 0 Å². The van der Waals surface area contributed by atoms with Crippen LogP contribution in [-0.4, -0.2) is 16.8 Å². The average Bonchev–Trinajstić information content (AvgIpc) is 2.64. The minimum Gasteiger partial charge on any atom is -0.508 e. The first-order valence-electron chi connectivity index (χ1n) is 6.00. The Hall–Kier alpha value is -2.14. The van der Waals surface area contributed by atoms with Crippen molar-refractivity contribution in [1.29, 1.82) is 0 Å². The van der Waals surface area contributed by atoms with Crippen LogP contribution in [0.4, 0.5) is 5.69 Å². The first-order valence-corrected chi connectivity index (χ1v) is 6.79. The highest BCUT2D eigenvalue weighted by molar-refractivity contribution is 9.10. The Bertz CT molecular complexity index is 727. The molecule has 0 bridgehead atoms. The molecule has 0 aromatic heterocycles. The number of aromatic hydroxyl groups is 1. The van der Waals surface area contributed by atoms with Gasteiger partial charge in [-0.3, -0.25) is 9.59 Å². The van der Waals surface area contributed by atoms with Crippen LogP contribution in [0.1, 0.15) is 15.9 Å². The van der Waals surface area contributed by atoms with E-state index < -0.39 is 11.7 Å². The van der Waals surface area contributed by atoms with Gasteiger partial charge in [0.25, 0.3) is 11.7 Å². The van der Waals surface area contributed by atoms with Gasteiger partial charge in [0.2, 0.25) is 0 Å².